The summed E-state index contributed by atoms with van der Waals surface area (Å²) in [6, 6.07) is 21.1. The number of hydrogen-bond donors (Lipinski definition) is 4. The second-order valence-electron chi connectivity index (χ2n) is 7.27. The fraction of sp³-hybridized carbons (Fsp3) is 0.0769. The summed E-state index contributed by atoms with van der Waals surface area (Å²) in [7, 11) is 3.24. The lowest BCUT2D eigenvalue weighted by molar-refractivity contribution is -0.111. The van der Waals surface area contributed by atoms with Gasteiger partial charge >= 0.3 is 0 Å². The van der Waals surface area contributed by atoms with Crippen LogP contribution >= 0.6 is 12.4 Å². The highest BCUT2D eigenvalue weighted by Crippen LogP contribution is 2.13. The van der Waals surface area contributed by atoms with Crippen molar-refractivity contribution < 1.29 is 9.59 Å². The molecule has 0 radical (unpaired) electrons. The third kappa shape index (κ3) is 7.55. The van der Waals surface area contributed by atoms with Gasteiger partial charge in [0.25, 0.3) is 5.91 Å². The van der Waals surface area contributed by atoms with Gasteiger partial charge < -0.3 is 22.1 Å². The number of nitrogens with one attached hydrogen (secondary N) is 2. The molecule has 8 nitrogen and oxygen atoms in total. The molecule has 0 fully saturated rings. The Morgan fingerprint density at radius 2 is 1.11 bits per heavy atom. The van der Waals surface area contributed by atoms with Gasteiger partial charge in [-0.15, -0.1) is 12.4 Å². The molecule has 2 amide bonds. The van der Waals surface area contributed by atoms with Crippen LogP contribution in [-0.2, 0) is 4.79 Å². The number of benzene rings is 3. The highest BCUT2D eigenvalue weighted by atomic mass is 35.5. The summed E-state index contributed by atoms with van der Waals surface area (Å²) < 4.78 is 0. The van der Waals surface area contributed by atoms with Crippen molar-refractivity contribution in [2.45, 2.75) is 0 Å². The van der Waals surface area contributed by atoms with E-state index in [2.05, 4.69) is 20.6 Å². The van der Waals surface area contributed by atoms with E-state index in [1.54, 1.807) is 93.0 Å². The molecule has 0 saturated carbocycles. The van der Waals surface area contributed by atoms with Gasteiger partial charge in [0.1, 0.15) is 11.7 Å². The van der Waals surface area contributed by atoms with Crippen LogP contribution in [0.15, 0.2) is 88.9 Å². The Labute approximate surface area is 210 Å². The van der Waals surface area contributed by atoms with Crippen LogP contribution in [0.25, 0.3) is 6.08 Å². The summed E-state index contributed by atoms with van der Waals surface area (Å²) in [4.78, 5) is 32.6. The van der Waals surface area contributed by atoms with Crippen molar-refractivity contribution in [3.05, 3.63) is 101 Å². The molecule has 0 aliphatic rings. The van der Waals surface area contributed by atoms with Crippen LogP contribution in [0, 0.1) is 0 Å². The van der Waals surface area contributed by atoms with E-state index in [9.17, 15) is 9.59 Å². The second-order valence-corrected chi connectivity index (χ2v) is 7.27. The van der Waals surface area contributed by atoms with Crippen LogP contribution in [0.5, 0.6) is 0 Å². The minimum atomic E-state index is -0.274. The Kier molecular flexibility index (Phi) is 9.74. The van der Waals surface area contributed by atoms with Gasteiger partial charge in [0.05, 0.1) is 0 Å². The Hall–Kier alpha value is -4.43. The molecule has 0 heterocycles. The first-order valence-electron chi connectivity index (χ1n) is 10.5. The average molecular weight is 491 g/mol. The predicted octanol–water partition coefficient (Wildman–Crippen LogP) is 3.68. The highest BCUT2D eigenvalue weighted by molar-refractivity contribution is 6.05. The minimum Gasteiger partial charge on any atom is -0.384 e. The number of halogens is 1. The first-order valence-corrected chi connectivity index (χ1v) is 10.5. The molecular formula is C26H27ClN6O2. The molecule has 0 spiro atoms. The van der Waals surface area contributed by atoms with Gasteiger partial charge in [0, 0.05) is 48.2 Å². The van der Waals surface area contributed by atoms with Crippen LogP contribution in [0.3, 0.4) is 0 Å². The molecule has 3 rings (SSSR count). The molecule has 9 heteroatoms. The molecule has 0 bridgehead atoms. The summed E-state index contributed by atoms with van der Waals surface area (Å²) in [5.74, 6) is 0.347. The maximum Gasteiger partial charge on any atom is 0.255 e. The van der Waals surface area contributed by atoms with Gasteiger partial charge in [-0.25, -0.2) is 0 Å². The maximum absolute atomic E-state index is 12.5. The van der Waals surface area contributed by atoms with E-state index < -0.39 is 0 Å². The fourth-order valence-corrected chi connectivity index (χ4v) is 3.01. The van der Waals surface area contributed by atoms with Crippen molar-refractivity contribution in [3.63, 3.8) is 0 Å². The Morgan fingerprint density at radius 3 is 1.57 bits per heavy atom. The zero-order chi connectivity index (χ0) is 24.5. The van der Waals surface area contributed by atoms with Gasteiger partial charge in [-0.1, -0.05) is 12.1 Å². The largest absolute Gasteiger partial charge is 0.384 e. The van der Waals surface area contributed by atoms with Crippen molar-refractivity contribution in [2.75, 3.05) is 24.7 Å². The molecular weight excluding hydrogens is 464 g/mol. The molecule has 0 aliphatic heterocycles. The molecule has 3 aromatic carbocycles. The number of nitrogens with two attached hydrogens (primary N) is 2. The quantitative estimate of drug-likeness (QED) is 0.228. The monoisotopic (exact) mass is 490 g/mol. The molecule has 6 N–H and O–H groups in total. The van der Waals surface area contributed by atoms with E-state index in [4.69, 9.17) is 11.5 Å². The lowest BCUT2D eigenvalue weighted by atomic mass is 10.1. The van der Waals surface area contributed by atoms with Gasteiger partial charge in [0.2, 0.25) is 5.91 Å². The molecule has 35 heavy (non-hydrogen) atoms. The molecule has 0 aromatic heterocycles. The van der Waals surface area contributed by atoms with Gasteiger partial charge in [0.15, 0.2) is 0 Å². The molecule has 0 atom stereocenters. The molecule has 180 valence electrons. The zero-order valence-electron chi connectivity index (χ0n) is 19.4. The minimum absolute atomic E-state index is 0. The number of carbonyl (C=O) groups is 2. The average Bonchev–Trinajstić information content (AvgIpc) is 2.87. The van der Waals surface area contributed by atoms with Gasteiger partial charge in [-0.3, -0.25) is 19.6 Å². The van der Waals surface area contributed by atoms with Gasteiger partial charge in [-0.2, -0.15) is 0 Å². The van der Waals surface area contributed by atoms with Crippen LogP contribution in [-0.4, -0.2) is 37.6 Å². The van der Waals surface area contributed by atoms with E-state index in [0.717, 1.165) is 16.7 Å². The SMILES string of the molecule is CN=C(N)c1ccc(NC(=O)/C=C/c2ccc(C(=O)Nc3ccc(C(N)=NC)cc3)cc2)cc1.Cl. The Morgan fingerprint density at radius 1 is 0.686 bits per heavy atom. The van der Waals surface area contributed by atoms with E-state index in [1.807, 2.05) is 0 Å². The number of amidine groups is 2. The zero-order valence-corrected chi connectivity index (χ0v) is 20.2. The second kappa shape index (κ2) is 12.7. The number of carbonyl (C=O) groups excluding carboxylic acids is 2. The smallest absolute Gasteiger partial charge is 0.255 e. The summed E-state index contributed by atoms with van der Waals surface area (Å²) in [5.41, 5.74) is 15.7. The molecule has 0 saturated heterocycles. The van der Waals surface area contributed by atoms with E-state index in [0.29, 0.717) is 28.6 Å². The van der Waals surface area contributed by atoms with Crippen molar-refractivity contribution in [3.8, 4) is 0 Å². The third-order valence-electron chi connectivity index (χ3n) is 4.97. The van der Waals surface area contributed by atoms with Crippen molar-refractivity contribution >= 4 is 53.3 Å². The summed E-state index contributed by atoms with van der Waals surface area (Å²) in [5, 5.41) is 5.62. The first-order chi connectivity index (χ1) is 16.4. The maximum atomic E-state index is 12.5. The number of anilines is 2. The van der Waals surface area contributed by atoms with Crippen LogP contribution in [0.4, 0.5) is 11.4 Å². The van der Waals surface area contributed by atoms with Crippen LogP contribution in [0.1, 0.15) is 27.0 Å². The van der Waals surface area contributed by atoms with E-state index in [-0.39, 0.29) is 24.2 Å². The first kappa shape index (κ1) is 26.8. The normalized spacial score (nSPS) is 11.6. The molecule has 0 unspecified atom stereocenters. The van der Waals surface area contributed by atoms with Crippen LogP contribution in [0.2, 0.25) is 0 Å². The summed E-state index contributed by atoms with van der Waals surface area (Å²) >= 11 is 0. The number of nitrogens with zero attached hydrogens (tertiary/aromatic N) is 2. The van der Waals surface area contributed by atoms with Crippen molar-refractivity contribution in [1.82, 2.24) is 0 Å². The topological polar surface area (TPSA) is 135 Å². The molecule has 0 aliphatic carbocycles. The lowest BCUT2D eigenvalue weighted by Crippen LogP contribution is -2.14. The fourth-order valence-electron chi connectivity index (χ4n) is 3.01. The third-order valence-corrected chi connectivity index (χ3v) is 4.97. The van der Waals surface area contributed by atoms with Gasteiger partial charge in [-0.05, 0) is 72.3 Å². The summed E-state index contributed by atoms with van der Waals surface area (Å²) in [6.07, 6.45) is 3.10. The number of hydrogen-bond acceptors (Lipinski definition) is 4. The predicted molar refractivity (Wildman–Crippen MR) is 145 cm³/mol. The lowest BCUT2D eigenvalue weighted by Gasteiger charge is -2.07. The molecule has 3 aromatic rings. The standard InChI is InChI=1S/C26H26N6O2.ClH/c1-29-24(27)18-8-12-21(13-9-18)31-23(33)16-5-17-3-6-20(7-4-17)26(34)32-22-14-10-19(11-15-22)25(28)30-2;/h3-16H,1-2H3,(H2,27,29)(H2,28,30)(H,31,33)(H,32,34);1H/b16-5+;. The Balaban J connectivity index is 0.00000432. The number of amides is 2. The Bertz CT molecular complexity index is 1250. The number of rotatable bonds is 7. The van der Waals surface area contributed by atoms with E-state index in [1.165, 1.54) is 6.08 Å². The van der Waals surface area contributed by atoms with Crippen molar-refractivity contribution in [2.24, 2.45) is 21.5 Å². The van der Waals surface area contributed by atoms with Crippen LogP contribution < -0.4 is 22.1 Å². The highest BCUT2D eigenvalue weighted by Gasteiger charge is 2.07. The van der Waals surface area contributed by atoms with E-state index >= 15 is 0 Å². The number of aliphatic imine (C=N–C) groups is 2. The van der Waals surface area contributed by atoms with Crippen molar-refractivity contribution in [1.29, 1.82) is 0 Å². The summed E-state index contributed by atoms with van der Waals surface area (Å²) in [6.45, 7) is 0.